The minimum absolute atomic E-state index is 0.0266. The number of fused-ring (bicyclic) bond motifs is 1. The van der Waals surface area contributed by atoms with Gasteiger partial charge in [0.05, 0.1) is 16.1 Å². The highest BCUT2D eigenvalue weighted by molar-refractivity contribution is 6.42. The van der Waals surface area contributed by atoms with Gasteiger partial charge in [0, 0.05) is 18.5 Å². The third-order valence-corrected chi connectivity index (χ3v) is 6.24. The molecule has 0 N–H and O–H groups in total. The van der Waals surface area contributed by atoms with Crippen molar-refractivity contribution < 1.29 is 19.1 Å². The van der Waals surface area contributed by atoms with Crippen LogP contribution >= 0.6 is 23.2 Å². The Kier molecular flexibility index (Phi) is 7.09. The number of amides is 1. The van der Waals surface area contributed by atoms with Crippen LogP contribution in [-0.2, 0) is 4.74 Å². The van der Waals surface area contributed by atoms with Crippen LogP contribution in [-0.4, -0.2) is 40.4 Å². The monoisotopic (exact) mass is 473 g/mol. The van der Waals surface area contributed by atoms with E-state index in [0.717, 1.165) is 29.3 Å². The molecular formula is C24H25Cl2N3O3. The van der Waals surface area contributed by atoms with Crippen molar-refractivity contribution in [1.29, 1.82) is 0 Å². The standard InChI is InChI=1S/C24H25Cl2N3O3/c1-24(2,3)32-23(31)29(4)21-10-8-16(14-6-9-19(25)20(26)12-14)17-7-5-15(11-18(17)21)22(30)13-28-27/h5-7,9,11-13,16,21H,8,10H2,1-4H3/t16-,21-/m0/s1. The zero-order chi connectivity index (χ0) is 23.6. The number of benzene rings is 2. The van der Waals surface area contributed by atoms with Crippen molar-refractivity contribution in [2.75, 3.05) is 7.05 Å². The van der Waals surface area contributed by atoms with Gasteiger partial charge in [-0.25, -0.2) is 4.79 Å². The van der Waals surface area contributed by atoms with E-state index >= 15 is 0 Å². The summed E-state index contributed by atoms with van der Waals surface area (Å²) in [6.45, 7) is 5.45. The average molecular weight is 474 g/mol. The Morgan fingerprint density at radius 1 is 1.09 bits per heavy atom. The minimum Gasteiger partial charge on any atom is -0.444 e. The number of Topliss-reactive ketones (excluding diaryl/α,β-unsaturated/α-hetero) is 1. The number of carbonyl (C=O) groups excluding carboxylic acids is 2. The molecule has 6 nitrogen and oxygen atoms in total. The van der Waals surface area contributed by atoms with Gasteiger partial charge >= 0.3 is 12.3 Å². The van der Waals surface area contributed by atoms with E-state index in [9.17, 15) is 9.59 Å². The lowest BCUT2D eigenvalue weighted by Crippen LogP contribution is -2.38. The molecule has 1 aliphatic rings. The van der Waals surface area contributed by atoms with Gasteiger partial charge in [-0.05, 0) is 68.5 Å². The molecule has 0 saturated heterocycles. The summed E-state index contributed by atoms with van der Waals surface area (Å²) in [6, 6.07) is 10.6. The van der Waals surface area contributed by atoms with E-state index in [1.54, 1.807) is 30.1 Å². The number of carbonyl (C=O) groups is 2. The first-order chi connectivity index (χ1) is 15.0. The van der Waals surface area contributed by atoms with Gasteiger partial charge < -0.3 is 15.2 Å². The fourth-order valence-electron chi connectivity index (χ4n) is 4.04. The number of ketones is 1. The van der Waals surface area contributed by atoms with E-state index in [4.69, 9.17) is 33.5 Å². The minimum atomic E-state index is -0.624. The first-order valence-electron chi connectivity index (χ1n) is 10.3. The highest BCUT2D eigenvalue weighted by Gasteiger charge is 2.34. The Bertz CT molecular complexity index is 1100. The third-order valence-electron chi connectivity index (χ3n) is 5.50. The molecule has 3 rings (SSSR count). The summed E-state index contributed by atoms with van der Waals surface area (Å²) in [5.74, 6) is -0.399. The van der Waals surface area contributed by atoms with Gasteiger partial charge in [0.25, 0.3) is 5.78 Å². The summed E-state index contributed by atoms with van der Waals surface area (Å²) in [4.78, 5) is 29.5. The molecule has 0 aliphatic heterocycles. The van der Waals surface area contributed by atoms with Gasteiger partial charge in [0.1, 0.15) is 5.60 Å². The van der Waals surface area contributed by atoms with Gasteiger partial charge in [0.15, 0.2) is 0 Å². The van der Waals surface area contributed by atoms with Crippen LogP contribution in [0.3, 0.4) is 0 Å². The lowest BCUT2D eigenvalue weighted by Gasteiger charge is -2.37. The van der Waals surface area contributed by atoms with Crippen molar-refractivity contribution >= 4 is 41.3 Å². The summed E-state index contributed by atoms with van der Waals surface area (Å²) < 4.78 is 5.56. The van der Waals surface area contributed by atoms with Crippen LogP contribution in [0.5, 0.6) is 0 Å². The van der Waals surface area contributed by atoms with Crippen molar-refractivity contribution in [2.45, 2.75) is 51.2 Å². The van der Waals surface area contributed by atoms with Crippen molar-refractivity contribution in [2.24, 2.45) is 0 Å². The zero-order valence-corrected chi connectivity index (χ0v) is 19.9. The molecule has 1 aliphatic carbocycles. The van der Waals surface area contributed by atoms with Gasteiger partial charge in [-0.1, -0.05) is 41.4 Å². The number of ether oxygens (including phenoxy) is 1. The predicted octanol–water partition coefficient (Wildman–Crippen LogP) is 6.31. The highest BCUT2D eigenvalue weighted by atomic mass is 35.5. The fraction of sp³-hybridized carbons (Fsp3) is 0.375. The molecule has 0 fully saturated rings. The lowest BCUT2D eigenvalue weighted by molar-refractivity contribution is 0.00232. The van der Waals surface area contributed by atoms with Crippen LogP contribution in [0.15, 0.2) is 36.4 Å². The molecule has 0 unspecified atom stereocenters. The predicted molar refractivity (Wildman–Crippen MR) is 125 cm³/mol. The second-order valence-corrected chi connectivity index (χ2v) is 9.68. The summed E-state index contributed by atoms with van der Waals surface area (Å²) >= 11 is 12.4. The molecule has 0 radical (unpaired) electrons. The largest absolute Gasteiger partial charge is 0.444 e. The zero-order valence-electron chi connectivity index (χ0n) is 18.4. The lowest BCUT2D eigenvalue weighted by atomic mass is 9.75. The smallest absolute Gasteiger partial charge is 0.410 e. The Labute approximate surface area is 197 Å². The maximum atomic E-state index is 12.8. The quantitative estimate of drug-likeness (QED) is 0.225. The van der Waals surface area contributed by atoms with Crippen LogP contribution < -0.4 is 0 Å². The molecule has 0 bridgehead atoms. The summed E-state index contributed by atoms with van der Waals surface area (Å²) in [7, 11) is 1.70. The second-order valence-electron chi connectivity index (χ2n) is 8.86. The highest BCUT2D eigenvalue weighted by Crippen LogP contribution is 2.44. The van der Waals surface area contributed by atoms with E-state index in [1.807, 2.05) is 39.0 Å². The van der Waals surface area contributed by atoms with Crippen LogP contribution in [0.1, 0.15) is 72.6 Å². The van der Waals surface area contributed by atoms with E-state index in [1.165, 1.54) is 0 Å². The second kappa shape index (κ2) is 9.45. The number of rotatable bonds is 4. The molecule has 1 amide bonds. The maximum absolute atomic E-state index is 12.8. The number of halogens is 2. The van der Waals surface area contributed by atoms with Crippen LogP contribution in [0.2, 0.25) is 10.0 Å². The average Bonchev–Trinajstić information content (AvgIpc) is 2.73. The Morgan fingerprint density at radius 2 is 1.81 bits per heavy atom. The Balaban J connectivity index is 2.07. The molecule has 0 heterocycles. The first kappa shape index (κ1) is 24.0. The first-order valence-corrected chi connectivity index (χ1v) is 11.0. The van der Waals surface area contributed by atoms with Crippen molar-refractivity contribution in [3.05, 3.63) is 74.2 Å². The number of nitrogens with zero attached hydrogens (tertiary/aromatic N) is 3. The van der Waals surface area contributed by atoms with Gasteiger partial charge in [0.2, 0.25) is 0 Å². The van der Waals surface area contributed by atoms with Crippen molar-refractivity contribution in [1.82, 2.24) is 4.90 Å². The topological polar surface area (TPSA) is 83.0 Å². The van der Waals surface area contributed by atoms with Gasteiger partial charge in [-0.2, -0.15) is 4.79 Å². The Hall–Kier alpha value is -2.66. The van der Waals surface area contributed by atoms with Crippen molar-refractivity contribution in [3.8, 4) is 0 Å². The molecule has 2 atom stereocenters. The molecule has 32 heavy (non-hydrogen) atoms. The summed E-state index contributed by atoms with van der Waals surface area (Å²) in [6.07, 6.45) is 1.86. The van der Waals surface area contributed by atoms with E-state index < -0.39 is 17.5 Å². The number of hydrogen-bond acceptors (Lipinski definition) is 3. The number of hydrogen-bond donors (Lipinski definition) is 0. The molecule has 0 aromatic heterocycles. The SMILES string of the molecule is CN(C(=O)OC(C)(C)C)[C@H]1CC[C@@H](c2ccc(Cl)c(Cl)c2)c2ccc(C(=O)C=[N+]=[N-])cc21. The molecule has 0 spiro atoms. The fourth-order valence-corrected chi connectivity index (χ4v) is 4.34. The summed E-state index contributed by atoms with van der Waals surface area (Å²) in [5, 5.41) is 0.961. The van der Waals surface area contributed by atoms with Crippen LogP contribution in [0.4, 0.5) is 4.79 Å². The van der Waals surface area contributed by atoms with E-state index in [2.05, 4.69) is 4.79 Å². The van der Waals surface area contributed by atoms with Gasteiger partial charge in [-0.15, -0.1) is 0 Å². The molecule has 2 aromatic rings. The Morgan fingerprint density at radius 3 is 2.44 bits per heavy atom. The maximum Gasteiger partial charge on any atom is 0.410 e. The van der Waals surface area contributed by atoms with Crippen molar-refractivity contribution in [3.63, 3.8) is 0 Å². The van der Waals surface area contributed by atoms with E-state index in [-0.39, 0.29) is 12.0 Å². The third kappa shape index (κ3) is 5.21. The molecule has 2 aromatic carbocycles. The normalized spacial score (nSPS) is 17.7. The van der Waals surface area contributed by atoms with Gasteiger partial charge in [-0.3, -0.25) is 4.79 Å². The van der Waals surface area contributed by atoms with Crippen LogP contribution in [0, 0.1) is 0 Å². The molecule has 168 valence electrons. The molecule has 0 saturated carbocycles. The molecular weight excluding hydrogens is 449 g/mol. The summed E-state index contributed by atoms with van der Waals surface area (Å²) in [5.41, 5.74) is 11.4. The molecule has 8 heteroatoms. The van der Waals surface area contributed by atoms with E-state index in [0.29, 0.717) is 22.0 Å². The van der Waals surface area contributed by atoms with Crippen LogP contribution in [0.25, 0.3) is 5.53 Å².